The molecule has 0 saturated heterocycles. The molecule has 6 heteroatoms. The number of benzene rings is 2. The first kappa shape index (κ1) is 17.4. The number of hydrogen-bond donors (Lipinski definition) is 2. The molecule has 0 heterocycles. The molecule has 0 spiro atoms. The van der Waals surface area contributed by atoms with Crippen molar-refractivity contribution in [3.8, 4) is 11.5 Å². The van der Waals surface area contributed by atoms with Gasteiger partial charge in [-0.25, -0.2) is 0 Å². The SMILES string of the molecule is COc1ccc([C@H](C)NC(=S)Nc2cc(Cl)ccc2OC)cc1. The van der Waals surface area contributed by atoms with E-state index in [0.29, 0.717) is 15.9 Å². The normalized spacial score (nSPS) is 11.5. The third kappa shape index (κ3) is 4.74. The van der Waals surface area contributed by atoms with Gasteiger partial charge in [0.2, 0.25) is 0 Å². The molecule has 0 amide bonds. The smallest absolute Gasteiger partial charge is 0.171 e. The van der Waals surface area contributed by atoms with E-state index < -0.39 is 0 Å². The summed E-state index contributed by atoms with van der Waals surface area (Å²) in [5, 5.41) is 7.45. The van der Waals surface area contributed by atoms with Gasteiger partial charge in [-0.1, -0.05) is 23.7 Å². The van der Waals surface area contributed by atoms with E-state index in [0.717, 1.165) is 17.0 Å². The molecular weight excluding hydrogens is 332 g/mol. The molecule has 0 bridgehead atoms. The monoisotopic (exact) mass is 350 g/mol. The molecular formula is C17H19ClN2O2S. The Balaban J connectivity index is 2.02. The Kier molecular flexibility index (Phi) is 6.07. The molecule has 2 N–H and O–H groups in total. The summed E-state index contributed by atoms with van der Waals surface area (Å²) >= 11 is 11.4. The van der Waals surface area contributed by atoms with E-state index in [2.05, 4.69) is 10.6 Å². The zero-order valence-corrected chi connectivity index (χ0v) is 14.8. The Hall–Kier alpha value is -1.98. The number of nitrogens with one attached hydrogen (secondary N) is 2. The summed E-state index contributed by atoms with van der Waals surface area (Å²) in [6.45, 7) is 2.03. The number of methoxy groups -OCH3 is 2. The van der Waals surface area contributed by atoms with Crippen LogP contribution < -0.4 is 20.1 Å². The first-order chi connectivity index (χ1) is 11.0. The molecule has 122 valence electrons. The van der Waals surface area contributed by atoms with Gasteiger partial charge in [0.25, 0.3) is 0 Å². The molecule has 0 saturated carbocycles. The van der Waals surface area contributed by atoms with Crippen molar-refractivity contribution in [2.75, 3.05) is 19.5 Å². The summed E-state index contributed by atoms with van der Waals surface area (Å²) in [5.41, 5.74) is 1.83. The van der Waals surface area contributed by atoms with E-state index >= 15 is 0 Å². The van der Waals surface area contributed by atoms with Crippen molar-refractivity contribution in [2.24, 2.45) is 0 Å². The van der Waals surface area contributed by atoms with Gasteiger partial charge in [-0.05, 0) is 55.0 Å². The lowest BCUT2D eigenvalue weighted by Gasteiger charge is -2.19. The molecule has 0 aliphatic carbocycles. The highest BCUT2D eigenvalue weighted by Crippen LogP contribution is 2.27. The van der Waals surface area contributed by atoms with Crippen molar-refractivity contribution in [3.63, 3.8) is 0 Å². The third-order valence-corrected chi connectivity index (χ3v) is 3.83. The lowest BCUT2D eigenvalue weighted by atomic mass is 10.1. The number of rotatable bonds is 5. The maximum absolute atomic E-state index is 6.02. The summed E-state index contributed by atoms with van der Waals surface area (Å²) in [6, 6.07) is 13.2. The summed E-state index contributed by atoms with van der Waals surface area (Å²) in [7, 11) is 3.25. The molecule has 0 radical (unpaired) electrons. The minimum Gasteiger partial charge on any atom is -0.497 e. The highest BCUT2D eigenvalue weighted by molar-refractivity contribution is 7.80. The van der Waals surface area contributed by atoms with E-state index in [-0.39, 0.29) is 6.04 Å². The lowest BCUT2D eigenvalue weighted by Crippen LogP contribution is -2.31. The molecule has 4 nitrogen and oxygen atoms in total. The Morgan fingerprint density at radius 3 is 2.39 bits per heavy atom. The highest BCUT2D eigenvalue weighted by Gasteiger charge is 2.10. The van der Waals surface area contributed by atoms with Gasteiger partial charge in [-0.2, -0.15) is 0 Å². The van der Waals surface area contributed by atoms with E-state index in [1.54, 1.807) is 32.4 Å². The second kappa shape index (κ2) is 8.04. The fraction of sp³-hybridized carbons (Fsp3) is 0.235. The topological polar surface area (TPSA) is 42.5 Å². The third-order valence-electron chi connectivity index (χ3n) is 3.37. The number of anilines is 1. The summed E-state index contributed by atoms with van der Waals surface area (Å²) < 4.78 is 10.5. The van der Waals surface area contributed by atoms with Gasteiger partial charge in [0.15, 0.2) is 5.11 Å². The van der Waals surface area contributed by atoms with E-state index in [4.69, 9.17) is 33.3 Å². The second-order valence-electron chi connectivity index (χ2n) is 4.94. The summed E-state index contributed by atoms with van der Waals surface area (Å²) in [5.74, 6) is 1.50. The standard InChI is InChI=1S/C17H19ClN2O2S/c1-11(12-4-7-14(21-2)8-5-12)19-17(23)20-15-10-13(18)6-9-16(15)22-3/h4-11H,1-3H3,(H2,19,20,23)/t11-/m0/s1. The average molecular weight is 351 g/mol. The molecule has 0 fully saturated rings. The predicted molar refractivity (Wildman–Crippen MR) is 98.8 cm³/mol. The molecule has 2 aromatic carbocycles. The van der Waals surface area contributed by atoms with Gasteiger partial charge in [-0.15, -0.1) is 0 Å². The van der Waals surface area contributed by atoms with Gasteiger partial charge in [0.1, 0.15) is 11.5 Å². The zero-order chi connectivity index (χ0) is 16.8. The Labute approximate surface area is 146 Å². The highest BCUT2D eigenvalue weighted by atomic mass is 35.5. The van der Waals surface area contributed by atoms with Gasteiger partial charge in [0.05, 0.1) is 25.9 Å². The van der Waals surface area contributed by atoms with Crippen LogP contribution in [-0.4, -0.2) is 19.3 Å². The molecule has 0 unspecified atom stereocenters. The maximum Gasteiger partial charge on any atom is 0.171 e. The first-order valence-corrected chi connectivity index (χ1v) is 7.87. The van der Waals surface area contributed by atoms with Crippen LogP contribution in [-0.2, 0) is 0 Å². The van der Waals surface area contributed by atoms with Crippen molar-refractivity contribution >= 4 is 34.6 Å². The maximum atomic E-state index is 6.02. The van der Waals surface area contributed by atoms with Crippen LogP contribution in [0.25, 0.3) is 0 Å². The average Bonchev–Trinajstić information content (AvgIpc) is 2.55. The fourth-order valence-corrected chi connectivity index (χ4v) is 2.57. The molecule has 0 aromatic heterocycles. The zero-order valence-electron chi connectivity index (χ0n) is 13.2. The first-order valence-electron chi connectivity index (χ1n) is 7.08. The van der Waals surface area contributed by atoms with Crippen LogP contribution in [0.4, 0.5) is 5.69 Å². The fourth-order valence-electron chi connectivity index (χ4n) is 2.11. The van der Waals surface area contributed by atoms with Gasteiger partial charge < -0.3 is 20.1 Å². The molecule has 0 aliphatic heterocycles. The second-order valence-corrected chi connectivity index (χ2v) is 5.78. The van der Waals surface area contributed by atoms with Crippen LogP contribution in [0.3, 0.4) is 0 Å². The number of ether oxygens (including phenoxy) is 2. The minimum absolute atomic E-state index is 0.0473. The van der Waals surface area contributed by atoms with Crippen LogP contribution in [0.1, 0.15) is 18.5 Å². The molecule has 1 atom stereocenters. The number of hydrogen-bond acceptors (Lipinski definition) is 3. The summed E-state index contributed by atoms with van der Waals surface area (Å²) in [4.78, 5) is 0. The van der Waals surface area contributed by atoms with Crippen LogP contribution in [0, 0.1) is 0 Å². The van der Waals surface area contributed by atoms with E-state index in [1.165, 1.54) is 0 Å². The minimum atomic E-state index is 0.0473. The van der Waals surface area contributed by atoms with Crippen molar-refractivity contribution < 1.29 is 9.47 Å². The number of thiocarbonyl (C=S) groups is 1. The van der Waals surface area contributed by atoms with Crippen molar-refractivity contribution in [2.45, 2.75) is 13.0 Å². The van der Waals surface area contributed by atoms with Gasteiger partial charge in [-0.3, -0.25) is 0 Å². The van der Waals surface area contributed by atoms with E-state index in [9.17, 15) is 0 Å². The Bertz CT molecular complexity index is 677. The van der Waals surface area contributed by atoms with E-state index in [1.807, 2.05) is 31.2 Å². The molecule has 2 rings (SSSR count). The van der Waals surface area contributed by atoms with Crippen LogP contribution in [0.15, 0.2) is 42.5 Å². The Morgan fingerprint density at radius 2 is 1.78 bits per heavy atom. The molecule has 23 heavy (non-hydrogen) atoms. The quantitative estimate of drug-likeness (QED) is 0.782. The molecule has 0 aliphatic rings. The van der Waals surface area contributed by atoms with Crippen molar-refractivity contribution in [1.29, 1.82) is 0 Å². The number of halogens is 1. The van der Waals surface area contributed by atoms with Crippen LogP contribution in [0.2, 0.25) is 5.02 Å². The predicted octanol–water partition coefficient (Wildman–Crippen LogP) is 4.40. The lowest BCUT2D eigenvalue weighted by molar-refractivity contribution is 0.414. The largest absolute Gasteiger partial charge is 0.497 e. The summed E-state index contributed by atoms with van der Waals surface area (Å²) in [6.07, 6.45) is 0. The van der Waals surface area contributed by atoms with Crippen molar-refractivity contribution in [1.82, 2.24) is 5.32 Å². The van der Waals surface area contributed by atoms with Crippen LogP contribution in [0.5, 0.6) is 11.5 Å². The van der Waals surface area contributed by atoms with Gasteiger partial charge >= 0.3 is 0 Å². The van der Waals surface area contributed by atoms with Crippen molar-refractivity contribution in [3.05, 3.63) is 53.1 Å². The molecule has 2 aromatic rings. The van der Waals surface area contributed by atoms with Gasteiger partial charge in [0, 0.05) is 5.02 Å². The van der Waals surface area contributed by atoms with Crippen LogP contribution >= 0.6 is 23.8 Å². The Morgan fingerprint density at radius 1 is 1.09 bits per heavy atom.